The molecule has 126 valence electrons. The van der Waals surface area contributed by atoms with E-state index in [-0.39, 0.29) is 11.4 Å². The van der Waals surface area contributed by atoms with Gasteiger partial charge in [-0.3, -0.25) is 4.79 Å². The van der Waals surface area contributed by atoms with Gasteiger partial charge >= 0.3 is 5.97 Å². The van der Waals surface area contributed by atoms with Crippen LogP contribution in [-0.2, 0) is 14.6 Å². The van der Waals surface area contributed by atoms with E-state index in [4.69, 9.17) is 5.73 Å². The Balaban J connectivity index is 2.11. The number of aliphatic carboxylic acids is 1. The lowest BCUT2D eigenvalue weighted by atomic mass is 9.99. The smallest absolute Gasteiger partial charge is 0.312 e. The summed E-state index contributed by atoms with van der Waals surface area (Å²) < 4.78 is 26.0. The van der Waals surface area contributed by atoms with Crippen LogP contribution < -0.4 is 5.73 Å². The molecule has 3 rings (SSSR count). The third kappa shape index (κ3) is 2.34. The Morgan fingerprint density at radius 2 is 1.71 bits per heavy atom. The second-order valence-corrected chi connectivity index (χ2v) is 8.29. The van der Waals surface area contributed by atoms with Crippen LogP contribution in [0.3, 0.4) is 0 Å². The van der Waals surface area contributed by atoms with Gasteiger partial charge in [-0.2, -0.15) is 0 Å². The second kappa shape index (κ2) is 5.72. The van der Waals surface area contributed by atoms with Crippen LogP contribution >= 0.6 is 0 Å². The van der Waals surface area contributed by atoms with Gasteiger partial charge in [0.1, 0.15) is 5.41 Å². The molecule has 2 aromatic carbocycles. The molecule has 0 aromatic heterocycles. The average molecular weight is 345 g/mol. The SMILES string of the molecule is Cc1ccc([C@@H]2[C@H](S(=O)(=O)c3ccccc3)[C@]2(CN)C(=O)O)cc1. The van der Waals surface area contributed by atoms with Crippen molar-refractivity contribution in [2.45, 2.75) is 23.0 Å². The third-order valence-corrected chi connectivity index (χ3v) is 7.13. The van der Waals surface area contributed by atoms with Crippen molar-refractivity contribution in [1.82, 2.24) is 0 Å². The molecule has 1 aliphatic rings. The fraction of sp³-hybridized carbons (Fsp3) is 0.278. The van der Waals surface area contributed by atoms with E-state index < -0.39 is 32.4 Å². The summed E-state index contributed by atoms with van der Waals surface area (Å²) in [4.78, 5) is 12.0. The van der Waals surface area contributed by atoms with Crippen molar-refractivity contribution in [3.8, 4) is 0 Å². The van der Waals surface area contributed by atoms with Gasteiger partial charge in [0.05, 0.1) is 10.1 Å². The summed E-state index contributed by atoms with van der Waals surface area (Å²) in [6, 6.07) is 15.2. The monoisotopic (exact) mass is 345 g/mol. The summed E-state index contributed by atoms with van der Waals surface area (Å²) in [6.07, 6.45) is 0. The minimum absolute atomic E-state index is 0.128. The molecule has 0 heterocycles. The van der Waals surface area contributed by atoms with Crippen LogP contribution in [-0.4, -0.2) is 31.3 Å². The molecule has 0 unspecified atom stereocenters. The molecule has 3 N–H and O–H groups in total. The number of benzene rings is 2. The van der Waals surface area contributed by atoms with E-state index in [0.717, 1.165) is 5.56 Å². The summed E-state index contributed by atoms with van der Waals surface area (Å²) in [5, 5.41) is 8.67. The maximum atomic E-state index is 13.0. The number of aryl methyl sites for hydroxylation is 1. The number of nitrogens with two attached hydrogens (primary N) is 1. The molecule has 1 fully saturated rings. The van der Waals surface area contributed by atoms with Crippen molar-refractivity contribution < 1.29 is 18.3 Å². The predicted molar refractivity (Wildman–Crippen MR) is 90.5 cm³/mol. The van der Waals surface area contributed by atoms with Gasteiger partial charge in [-0.25, -0.2) is 8.42 Å². The van der Waals surface area contributed by atoms with Crippen LogP contribution in [0.4, 0.5) is 0 Å². The second-order valence-electron chi connectivity index (χ2n) is 6.22. The largest absolute Gasteiger partial charge is 0.481 e. The van der Waals surface area contributed by atoms with Gasteiger partial charge in [0.2, 0.25) is 0 Å². The first-order valence-electron chi connectivity index (χ1n) is 7.64. The Kier molecular flexibility index (Phi) is 3.97. The van der Waals surface area contributed by atoms with E-state index >= 15 is 0 Å². The summed E-state index contributed by atoms with van der Waals surface area (Å²) in [7, 11) is -3.80. The molecule has 0 spiro atoms. The number of carboxylic acids is 1. The first kappa shape index (κ1) is 16.7. The maximum absolute atomic E-state index is 13.0. The Hall–Kier alpha value is -2.18. The average Bonchev–Trinajstić information content (AvgIpc) is 3.28. The summed E-state index contributed by atoms with van der Waals surface area (Å²) in [6.45, 7) is 1.69. The zero-order valence-electron chi connectivity index (χ0n) is 13.2. The highest BCUT2D eigenvalue weighted by molar-refractivity contribution is 7.92. The zero-order chi connectivity index (χ0) is 17.5. The fourth-order valence-electron chi connectivity index (χ4n) is 3.45. The van der Waals surface area contributed by atoms with E-state index in [1.165, 1.54) is 12.1 Å². The van der Waals surface area contributed by atoms with Gasteiger partial charge in [0.25, 0.3) is 0 Å². The molecule has 6 heteroatoms. The molecule has 5 nitrogen and oxygen atoms in total. The van der Waals surface area contributed by atoms with E-state index in [0.29, 0.717) is 5.56 Å². The topological polar surface area (TPSA) is 97.5 Å². The lowest BCUT2D eigenvalue weighted by Crippen LogP contribution is -2.31. The van der Waals surface area contributed by atoms with Crippen molar-refractivity contribution in [2.24, 2.45) is 11.1 Å². The molecule has 3 atom stereocenters. The van der Waals surface area contributed by atoms with Crippen LogP contribution in [0.25, 0.3) is 0 Å². The number of hydrogen-bond donors (Lipinski definition) is 2. The molecule has 1 saturated carbocycles. The predicted octanol–water partition coefficient (Wildman–Crippen LogP) is 1.96. The van der Waals surface area contributed by atoms with E-state index in [1.807, 2.05) is 19.1 Å². The van der Waals surface area contributed by atoms with Crippen LogP contribution in [0.1, 0.15) is 17.0 Å². The van der Waals surface area contributed by atoms with Gasteiger partial charge in [-0.05, 0) is 24.6 Å². The lowest BCUT2D eigenvalue weighted by molar-refractivity contribution is -0.143. The highest BCUT2D eigenvalue weighted by Crippen LogP contribution is 2.63. The molecule has 0 radical (unpaired) electrons. The number of carboxylic acid groups (broad SMARTS) is 1. The fourth-order valence-corrected chi connectivity index (χ4v) is 5.86. The lowest BCUT2D eigenvalue weighted by Gasteiger charge is -2.10. The van der Waals surface area contributed by atoms with Crippen LogP contribution in [0.5, 0.6) is 0 Å². The van der Waals surface area contributed by atoms with Crippen LogP contribution in [0.15, 0.2) is 59.5 Å². The quantitative estimate of drug-likeness (QED) is 0.863. The number of carbonyl (C=O) groups is 1. The van der Waals surface area contributed by atoms with Crippen molar-refractivity contribution in [3.05, 3.63) is 65.7 Å². The van der Waals surface area contributed by atoms with Crippen molar-refractivity contribution in [2.75, 3.05) is 6.54 Å². The van der Waals surface area contributed by atoms with E-state index in [2.05, 4.69) is 0 Å². The Morgan fingerprint density at radius 1 is 1.12 bits per heavy atom. The first-order chi connectivity index (χ1) is 11.4. The normalized spacial score (nSPS) is 26.1. The van der Waals surface area contributed by atoms with Crippen molar-refractivity contribution in [1.29, 1.82) is 0 Å². The van der Waals surface area contributed by atoms with E-state index in [1.54, 1.807) is 30.3 Å². The highest BCUT2D eigenvalue weighted by atomic mass is 32.2. The minimum atomic E-state index is -3.80. The Bertz CT molecular complexity index is 862. The molecular formula is C18H19NO4S. The zero-order valence-corrected chi connectivity index (χ0v) is 14.0. The molecule has 2 aromatic rings. The summed E-state index contributed by atoms with van der Waals surface area (Å²) in [5.41, 5.74) is 5.98. The van der Waals surface area contributed by atoms with Gasteiger partial charge < -0.3 is 10.8 Å². The molecule has 0 aliphatic heterocycles. The van der Waals surface area contributed by atoms with Gasteiger partial charge in [0, 0.05) is 12.5 Å². The Labute approximate surface area is 141 Å². The molecule has 0 amide bonds. The van der Waals surface area contributed by atoms with Crippen molar-refractivity contribution in [3.63, 3.8) is 0 Å². The molecule has 0 bridgehead atoms. The van der Waals surface area contributed by atoms with Crippen molar-refractivity contribution >= 4 is 15.8 Å². The molecule has 24 heavy (non-hydrogen) atoms. The number of rotatable bonds is 5. The van der Waals surface area contributed by atoms with E-state index in [9.17, 15) is 18.3 Å². The maximum Gasteiger partial charge on any atom is 0.312 e. The molecule has 0 saturated heterocycles. The standard InChI is InChI=1S/C18H19NO4S/c1-12-7-9-13(10-8-12)15-16(18(15,11-19)17(20)21)24(22,23)14-5-3-2-4-6-14/h2-10,15-16H,11,19H2,1H3,(H,20,21)/t15-,16+,18-/m1/s1. The van der Waals surface area contributed by atoms with Crippen LogP contribution in [0.2, 0.25) is 0 Å². The summed E-state index contributed by atoms with van der Waals surface area (Å²) in [5.74, 6) is -1.81. The number of sulfone groups is 1. The van der Waals surface area contributed by atoms with Gasteiger partial charge in [-0.15, -0.1) is 0 Å². The first-order valence-corrected chi connectivity index (χ1v) is 9.19. The minimum Gasteiger partial charge on any atom is -0.481 e. The Morgan fingerprint density at radius 3 is 2.21 bits per heavy atom. The third-order valence-electron chi connectivity index (χ3n) is 4.83. The van der Waals surface area contributed by atoms with Gasteiger partial charge in [-0.1, -0.05) is 48.0 Å². The highest BCUT2D eigenvalue weighted by Gasteiger charge is 2.75. The number of hydrogen-bond acceptors (Lipinski definition) is 4. The molecule has 1 aliphatic carbocycles. The van der Waals surface area contributed by atoms with Crippen LogP contribution in [0, 0.1) is 12.3 Å². The molecular weight excluding hydrogens is 326 g/mol. The van der Waals surface area contributed by atoms with Gasteiger partial charge in [0.15, 0.2) is 9.84 Å². The summed E-state index contributed by atoms with van der Waals surface area (Å²) >= 11 is 0.